The number of carbonyl (C=O) groups excluding carboxylic acids is 1. The topological polar surface area (TPSA) is 81.2 Å². The molecule has 1 aromatic carbocycles. The van der Waals surface area contributed by atoms with Crippen molar-refractivity contribution < 1.29 is 18.0 Å². The van der Waals surface area contributed by atoms with Gasteiger partial charge in [0.1, 0.15) is 6.33 Å². The number of rotatable bonds is 6. The summed E-state index contributed by atoms with van der Waals surface area (Å²) in [6, 6.07) is 7.70. The molecule has 1 aliphatic carbocycles. The fourth-order valence-corrected chi connectivity index (χ4v) is 4.01. The van der Waals surface area contributed by atoms with Crippen LogP contribution in [-0.2, 0) is 6.18 Å². The molecule has 0 saturated heterocycles. The summed E-state index contributed by atoms with van der Waals surface area (Å²) < 4.78 is 43.0. The van der Waals surface area contributed by atoms with Crippen LogP contribution in [0.2, 0.25) is 5.02 Å². The molecule has 3 aromatic heterocycles. The van der Waals surface area contributed by atoms with Gasteiger partial charge in [0.05, 0.1) is 11.6 Å². The average Bonchev–Trinajstić information content (AvgIpc) is 3.31. The Morgan fingerprint density at radius 3 is 2.76 bits per heavy atom. The van der Waals surface area contributed by atoms with E-state index in [-0.39, 0.29) is 22.5 Å². The van der Waals surface area contributed by atoms with Crippen LogP contribution in [-0.4, -0.2) is 46.7 Å². The molecule has 1 unspecified atom stereocenters. The molecule has 8 nitrogen and oxygen atoms in total. The minimum Gasteiger partial charge on any atom is -0.328 e. The highest BCUT2D eigenvalue weighted by Crippen LogP contribution is 2.35. The average molecular weight is 490 g/mol. The van der Waals surface area contributed by atoms with Crippen molar-refractivity contribution in [1.82, 2.24) is 34.3 Å². The van der Waals surface area contributed by atoms with E-state index in [1.165, 1.54) is 22.0 Å². The van der Waals surface area contributed by atoms with Crippen LogP contribution in [0.3, 0.4) is 0 Å². The predicted octanol–water partition coefficient (Wildman–Crippen LogP) is 4.60. The molecule has 4 aromatic rings. The van der Waals surface area contributed by atoms with Crippen molar-refractivity contribution in [3.8, 4) is 5.95 Å². The number of pyridine rings is 1. The van der Waals surface area contributed by atoms with Crippen LogP contribution in [0.1, 0.15) is 47.6 Å². The molecule has 176 valence electrons. The third kappa shape index (κ3) is 4.35. The van der Waals surface area contributed by atoms with Crippen molar-refractivity contribution >= 4 is 23.2 Å². The van der Waals surface area contributed by atoms with Crippen molar-refractivity contribution in [3.63, 3.8) is 0 Å². The van der Waals surface area contributed by atoms with E-state index in [0.29, 0.717) is 18.0 Å². The molecule has 0 bridgehead atoms. The van der Waals surface area contributed by atoms with E-state index in [4.69, 9.17) is 11.6 Å². The molecular formula is C22H19ClF3N7O. The normalized spacial score (nSPS) is 15.0. The Morgan fingerprint density at radius 1 is 1.26 bits per heavy atom. The van der Waals surface area contributed by atoms with Crippen LogP contribution in [0.25, 0.3) is 11.6 Å². The number of fused-ring (bicyclic) bond motifs is 1. The molecule has 0 radical (unpaired) electrons. The third-order valence-corrected chi connectivity index (χ3v) is 5.94. The maximum absolute atomic E-state index is 13.5. The summed E-state index contributed by atoms with van der Waals surface area (Å²) in [5, 5.41) is 8.48. The molecule has 3 heterocycles. The minimum absolute atomic E-state index is 0.135. The third-order valence-electron chi connectivity index (χ3n) is 5.72. The second-order valence-electron chi connectivity index (χ2n) is 8.25. The molecule has 1 aliphatic rings. The van der Waals surface area contributed by atoms with Gasteiger partial charge in [-0.3, -0.25) is 4.79 Å². The molecule has 0 aliphatic heterocycles. The van der Waals surface area contributed by atoms with Crippen LogP contribution in [0.4, 0.5) is 13.2 Å². The summed E-state index contributed by atoms with van der Waals surface area (Å²) in [5.74, 6) is 0.372. The molecule has 34 heavy (non-hydrogen) atoms. The zero-order chi connectivity index (χ0) is 24.0. The smallest absolute Gasteiger partial charge is 0.328 e. The summed E-state index contributed by atoms with van der Waals surface area (Å²) in [6.45, 7) is 2.13. The van der Waals surface area contributed by atoms with E-state index < -0.39 is 23.7 Å². The van der Waals surface area contributed by atoms with Gasteiger partial charge in [-0.05, 0) is 56.0 Å². The molecule has 1 atom stereocenters. The summed E-state index contributed by atoms with van der Waals surface area (Å²) >= 11 is 5.93. The van der Waals surface area contributed by atoms with Crippen molar-refractivity contribution in [2.24, 2.45) is 5.92 Å². The second-order valence-corrected chi connectivity index (χ2v) is 8.68. The standard InChI is InChI=1S/C22H19ClF3N7O/c1-13(19-27-12-28-33(19)21-29-18-4-2-3-7-32(18)30-21)31(11-14-5-6-14)20(34)15-8-16(22(24,25)26)10-17(23)9-15/h2-4,7-10,12-14H,5-6,11H2,1H3. The number of amides is 1. The fraction of sp³-hybridized carbons (Fsp3) is 0.318. The SMILES string of the molecule is CC(c1ncnn1-c1nc2ccccn2n1)N(CC1CC1)C(=O)c1cc(Cl)cc(C(F)(F)F)c1. The van der Waals surface area contributed by atoms with Gasteiger partial charge in [0.25, 0.3) is 11.9 Å². The van der Waals surface area contributed by atoms with E-state index in [1.54, 1.807) is 23.7 Å². The summed E-state index contributed by atoms with van der Waals surface area (Å²) in [7, 11) is 0. The Balaban J connectivity index is 1.51. The van der Waals surface area contributed by atoms with Gasteiger partial charge in [0.2, 0.25) is 0 Å². The first-order chi connectivity index (χ1) is 16.2. The highest BCUT2D eigenvalue weighted by Gasteiger charge is 2.35. The molecule has 1 fully saturated rings. The summed E-state index contributed by atoms with van der Waals surface area (Å²) in [5.41, 5.74) is -0.500. The van der Waals surface area contributed by atoms with E-state index in [9.17, 15) is 18.0 Å². The molecular weight excluding hydrogens is 471 g/mol. The lowest BCUT2D eigenvalue weighted by molar-refractivity contribution is -0.137. The number of hydrogen-bond donors (Lipinski definition) is 0. The fourth-order valence-electron chi connectivity index (χ4n) is 3.78. The number of alkyl halides is 3. The lowest BCUT2D eigenvalue weighted by Gasteiger charge is -2.29. The summed E-state index contributed by atoms with van der Waals surface area (Å²) in [6.07, 6.45) is 0.341. The number of hydrogen-bond acceptors (Lipinski definition) is 5. The number of aromatic nitrogens is 6. The zero-order valence-electron chi connectivity index (χ0n) is 17.9. The van der Waals surface area contributed by atoms with Gasteiger partial charge in [-0.15, -0.1) is 5.10 Å². The molecule has 5 rings (SSSR count). The van der Waals surface area contributed by atoms with E-state index in [1.807, 2.05) is 12.1 Å². The van der Waals surface area contributed by atoms with Gasteiger partial charge in [0, 0.05) is 23.3 Å². The molecule has 1 saturated carbocycles. The zero-order valence-corrected chi connectivity index (χ0v) is 18.7. The van der Waals surface area contributed by atoms with Crippen molar-refractivity contribution in [2.75, 3.05) is 6.54 Å². The maximum Gasteiger partial charge on any atom is 0.416 e. The maximum atomic E-state index is 13.5. The Kier molecular flexibility index (Phi) is 5.51. The van der Waals surface area contributed by atoms with Crippen LogP contribution >= 0.6 is 11.6 Å². The Labute approximate surface area is 197 Å². The second kappa shape index (κ2) is 8.39. The lowest BCUT2D eigenvalue weighted by Crippen LogP contribution is -2.37. The predicted molar refractivity (Wildman–Crippen MR) is 117 cm³/mol. The van der Waals surface area contributed by atoms with Gasteiger partial charge in [-0.2, -0.15) is 27.9 Å². The molecule has 0 N–H and O–H groups in total. The first-order valence-corrected chi connectivity index (χ1v) is 11.0. The van der Waals surface area contributed by atoms with Crippen LogP contribution < -0.4 is 0 Å². The number of benzene rings is 1. The number of nitrogens with zero attached hydrogens (tertiary/aromatic N) is 7. The van der Waals surface area contributed by atoms with Crippen molar-refractivity contribution in [1.29, 1.82) is 0 Å². The molecule has 1 amide bonds. The van der Waals surface area contributed by atoms with Crippen molar-refractivity contribution in [2.45, 2.75) is 32.0 Å². The van der Waals surface area contributed by atoms with Crippen LogP contribution in [0, 0.1) is 5.92 Å². The highest BCUT2D eigenvalue weighted by molar-refractivity contribution is 6.31. The van der Waals surface area contributed by atoms with Gasteiger partial charge in [-0.25, -0.2) is 9.50 Å². The Bertz CT molecular complexity index is 1330. The largest absolute Gasteiger partial charge is 0.416 e. The van der Waals surface area contributed by atoms with Crippen LogP contribution in [0.15, 0.2) is 48.9 Å². The van der Waals surface area contributed by atoms with E-state index in [0.717, 1.165) is 25.0 Å². The minimum atomic E-state index is -4.62. The monoisotopic (exact) mass is 489 g/mol. The first-order valence-electron chi connectivity index (χ1n) is 10.6. The summed E-state index contributed by atoms with van der Waals surface area (Å²) in [4.78, 5) is 23.8. The van der Waals surface area contributed by atoms with E-state index in [2.05, 4.69) is 20.2 Å². The quantitative estimate of drug-likeness (QED) is 0.395. The molecule has 12 heteroatoms. The molecule has 0 spiro atoms. The van der Waals surface area contributed by atoms with Gasteiger partial charge in [0.15, 0.2) is 11.5 Å². The van der Waals surface area contributed by atoms with E-state index >= 15 is 0 Å². The first kappa shape index (κ1) is 22.3. The Morgan fingerprint density at radius 2 is 2.06 bits per heavy atom. The lowest BCUT2D eigenvalue weighted by atomic mass is 10.1. The number of carbonyl (C=O) groups is 1. The van der Waals surface area contributed by atoms with Gasteiger partial charge in [-0.1, -0.05) is 17.7 Å². The van der Waals surface area contributed by atoms with Crippen LogP contribution in [0.5, 0.6) is 0 Å². The Hall–Kier alpha value is -3.47. The number of halogens is 4. The highest BCUT2D eigenvalue weighted by atomic mass is 35.5. The van der Waals surface area contributed by atoms with Gasteiger partial charge >= 0.3 is 6.18 Å². The van der Waals surface area contributed by atoms with Crippen molar-refractivity contribution in [3.05, 3.63) is 70.9 Å². The van der Waals surface area contributed by atoms with Gasteiger partial charge < -0.3 is 4.90 Å².